The third-order valence-corrected chi connectivity index (χ3v) is 4.85. The number of hydrogen-bond donors (Lipinski definition) is 1. The highest BCUT2D eigenvalue weighted by atomic mass is 16.5. The monoisotopic (exact) mass is 403 g/mol. The molecule has 152 valence electrons. The summed E-state index contributed by atoms with van der Waals surface area (Å²) < 4.78 is 5.34. The van der Waals surface area contributed by atoms with Crippen LogP contribution >= 0.6 is 0 Å². The number of para-hydroxylation sites is 1. The quantitative estimate of drug-likeness (QED) is 0.392. The molecule has 1 atom stereocenters. The molecule has 0 fully saturated rings. The van der Waals surface area contributed by atoms with Gasteiger partial charge in [0.2, 0.25) is 11.6 Å². The second-order valence-electron chi connectivity index (χ2n) is 7.18. The minimum atomic E-state index is -0.935. The summed E-state index contributed by atoms with van der Waals surface area (Å²) in [4.78, 5) is 29.6. The molecule has 0 aliphatic carbocycles. The molecular weight excluding hydrogens is 382 g/mol. The minimum Gasteiger partial charge on any atom is -0.453 e. The molecule has 8 nitrogen and oxygen atoms in total. The lowest BCUT2D eigenvalue weighted by molar-refractivity contribution is -0.147. The zero-order chi connectivity index (χ0) is 21.3. The molecule has 0 spiro atoms. The van der Waals surface area contributed by atoms with Crippen molar-refractivity contribution in [1.82, 2.24) is 25.2 Å². The molecule has 4 aromatic rings. The number of esters is 1. The van der Waals surface area contributed by atoms with Gasteiger partial charge in [-0.1, -0.05) is 48.0 Å². The van der Waals surface area contributed by atoms with E-state index < -0.39 is 12.1 Å². The van der Waals surface area contributed by atoms with E-state index in [0.717, 1.165) is 32.5 Å². The molecule has 0 saturated carbocycles. The third kappa shape index (κ3) is 3.84. The number of tetrazole rings is 1. The van der Waals surface area contributed by atoms with Gasteiger partial charge in [0.1, 0.15) is 0 Å². The molecule has 2 aromatic carbocycles. The molecule has 0 unspecified atom stereocenters. The molecule has 0 aliphatic rings. The first kappa shape index (κ1) is 19.5. The predicted octanol–water partition coefficient (Wildman–Crippen LogP) is 3.25. The SMILES string of the molecule is Cc1ccc(-c2nnn(CC(=O)O[C@@H](C)C(=O)c3c(C)[nH]c4ccccc34)n2)cc1. The fraction of sp³-hybridized carbons (Fsp3) is 0.227. The van der Waals surface area contributed by atoms with Gasteiger partial charge in [0, 0.05) is 27.7 Å². The van der Waals surface area contributed by atoms with Crippen LogP contribution in [0, 0.1) is 13.8 Å². The van der Waals surface area contributed by atoms with Gasteiger partial charge in [-0.25, -0.2) is 4.79 Å². The lowest BCUT2D eigenvalue weighted by Gasteiger charge is -2.12. The first-order chi connectivity index (χ1) is 14.4. The molecule has 0 saturated heterocycles. The van der Waals surface area contributed by atoms with E-state index in [0.29, 0.717) is 11.4 Å². The van der Waals surface area contributed by atoms with Crippen LogP contribution in [-0.4, -0.2) is 43.0 Å². The van der Waals surface area contributed by atoms with Gasteiger partial charge >= 0.3 is 5.97 Å². The fourth-order valence-corrected chi connectivity index (χ4v) is 3.33. The van der Waals surface area contributed by atoms with Gasteiger partial charge in [0.15, 0.2) is 12.6 Å². The summed E-state index contributed by atoms with van der Waals surface area (Å²) in [6.07, 6.45) is -0.935. The van der Waals surface area contributed by atoms with E-state index in [1.165, 1.54) is 0 Å². The Balaban J connectivity index is 1.43. The standard InChI is InChI=1S/C22H21N5O3/c1-13-8-10-16(11-9-13)22-24-26-27(25-22)12-19(28)30-15(3)21(29)20-14(2)23-18-7-5-4-6-17(18)20/h4-11,15,23H,12H2,1-3H3/t15-/m0/s1. The van der Waals surface area contributed by atoms with Crippen molar-refractivity contribution in [2.24, 2.45) is 0 Å². The van der Waals surface area contributed by atoms with E-state index in [-0.39, 0.29) is 12.3 Å². The number of ketones is 1. The fourth-order valence-electron chi connectivity index (χ4n) is 3.33. The maximum absolute atomic E-state index is 12.9. The number of benzene rings is 2. The average molecular weight is 403 g/mol. The molecule has 0 aliphatic heterocycles. The number of nitrogens with zero attached hydrogens (tertiary/aromatic N) is 4. The van der Waals surface area contributed by atoms with E-state index in [9.17, 15) is 9.59 Å². The van der Waals surface area contributed by atoms with Crippen molar-refractivity contribution in [1.29, 1.82) is 0 Å². The van der Waals surface area contributed by atoms with E-state index >= 15 is 0 Å². The molecule has 2 heterocycles. The summed E-state index contributed by atoms with van der Waals surface area (Å²) in [6.45, 7) is 5.15. The summed E-state index contributed by atoms with van der Waals surface area (Å²) >= 11 is 0. The molecule has 4 rings (SSSR count). The summed E-state index contributed by atoms with van der Waals surface area (Å²) in [7, 11) is 0. The van der Waals surface area contributed by atoms with Crippen molar-refractivity contribution in [2.75, 3.05) is 0 Å². The third-order valence-electron chi connectivity index (χ3n) is 4.85. The lowest BCUT2D eigenvalue weighted by atomic mass is 10.0. The smallest absolute Gasteiger partial charge is 0.330 e. The Morgan fingerprint density at radius 3 is 2.60 bits per heavy atom. The number of aryl methyl sites for hydroxylation is 2. The lowest BCUT2D eigenvalue weighted by Crippen LogP contribution is -2.27. The van der Waals surface area contributed by atoms with E-state index in [2.05, 4.69) is 20.4 Å². The Kier molecular flexibility index (Phi) is 5.14. The van der Waals surface area contributed by atoms with Crippen LogP contribution in [0.5, 0.6) is 0 Å². The van der Waals surface area contributed by atoms with Crippen LogP contribution in [0.3, 0.4) is 0 Å². The predicted molar refractivity (Wildman–Crippen MR) is 111 cm³/mol. The zero-order valence-corrected chi connectivity index (χ0v) is 16.9. The number of Topliss-reactive ketones (excluding diaryl/α,β-unsaturated/α-hetero) is 1. The number of carbonyl (C=O) groups is 2. The van der Waals surface area contributed by atoms with Gasteiger partial charge in [-0.15, -0.1) is 10.2 Å². The maximum Gasteiger partial charge on any atom is 0.330 e. The molecule has 0 amide bonds. The van der Waals surface area contributed by atoms with Crippen molar-refractivity contribution in [2.45, 2.75) is 33.4 Å². The largest absolute Gasteiger partial charge is 0.453 e. The van der Waals surface area contributed by atoms with Crippen molar-refractivity contribution in [3.63, 3.8) is 0 Å². The number of nitrogens with one attached hydrogen (secondary N) is 1. The van der Waals surface area contributed by atoms with Gasteiger partial charge in [0.25, 0.3) is 0 Å². The molecule has 0 bridgehead atoms. The number of carbonyl (C=O) groups excluding carboxylic acids is 2. The van der Waals surface area contributed by atoms with Crippen LogP contribution in [0.4, 0.5) is 0 Å². The molecule has 0 radical (unpaired) electrons. The number of aromatic nitrogens is 5. The number of hydrogen-bond acceptors (Lipinski definition) is 6. The van der Waals surface area contributed by atoms with E-state index in [1.54, 1.807) is 6.92 Å². The van der Waals surface area contributed by atoms with Crippen molar-refractivity contribution < 1.29 is 14.3 Å². The Hall–Kier alpha value is -3.81. The summed E-state index contributed by atoms with van der Waals surface area (Å²) in [5.41, 5.74) is 4.07. The Morgan fingerprint density at radius 2 is 1.83 bits per heavy atom. The van der Waals surface area contributed by atoms with Crippen molar-refractivity contribution in [3.05, 3.63) is 65.4 Å². The van der Waals surface area contributed by atoms with Gasteiger partial charge in [-0.05, 0) is 32.1 Å². The van der Waals surface area contributed by atoms with Crippen LogP contribution in [0.25, 0.3) is 22.3 Å². The maximum atomic E-state index is 12.9. The zero-order valence-electron chi connectivity index (χ0n) is 16.9. The Labute approximate surface area is 172 Å². The van der Waals surface area contributed by atoms with Crippen LogP contribution in [0.15, 0.2) is 48.5 Å². The highest BCUT2D eigenvalue weighted by molar-refractivity contribution is 6.11. The topological polar surface area (TPSA) is 103 Å². The van der Waals surface area contributed by atoms with Gasteiger partial charge in [-0.2, -0.15) is 4.80 Å². The number of ether oxygens (including phenoxy) is 1. The normalized spacial score (nSPS) is 12.1. The van der Waals surface area contributed by atoms with Crippen molar-refractivity contribution >= 4 is 22.7 Å². The molecule has 8 heteroatoms. The summed E-state index contributed by atoms with van der Waals surface area (Å²) in [6, 6.07) is 15.2. The van der Waals surface area contributed by atoms with Crippen LogP contribution in [0.1, 0.15) is 28.5 Å². The van der Waals surface area contributed by atoms with Gasteiger partial charge in [-0.3, -0.25) is 4.79 Å². The molecular formula is C22H21N5O3. The first-order valence-electron chi connectivity index (χ1n) is 9.58. The van der Waals surface area contributed by atoms with Gasteiger partial charge < -0.3 is 9.72 Å². The summed E-state index contributed by atoms with van der Waals surface area (Å²) in [5.74, 6) is -0.451. The van der Waals surface area contributed by atoms with Gasteiger partial charge in [0.05, 0.1) is 0 Å². The number of rotatable bonds is 6. The van der Waals surface area contributed by atoms with E-state index in [1.807, 2.05) is 62.4 Å². The molecule has 2 aromatic heterocycles. The Morgan fingerprint density at radius 1 is 1.10 bits per heavy atom. The van der Waals surface area contributed by atoms with Crippen LogP contribution in [-0.2, 0) is 16.1 Å². The highest BCUT2D eigenvalue weighted by Gasteiger charge is 2.24. The number of aromatic amines is 1. The van der Waals surface area contributed by atoms with Crippen LogP contribution in [0.2, 0.25) is 0 Å². The molecule has 1 N–H and O–H groups in total. The second-order valence-corrected chi connectivity index (χ2v) is 7.18. The summed E-state index contributed by atoms with van der Waals surface area (Å²) in [5, 5.41) is 12.9. The molecule has 30 heavy (non-hydrogen) atoms. The minimum absolute atomic E-state index is 0.233. The van der Waals surface area contributed by atoms with E-state index in [4.69, 9.17) is 4.74 Å². The number of fused-ring (bicyclic) bond motifs is 1. The Bertz CT molecular complexity index is 1220. The van der Waals surface area contributed by atoms with Crippen molar-refractivity contribution in [3.8, 4) is 11.4 Å². The highest BCUT2D eigenvalue weighted by Crippen LogP contribution is 2.24. The second kappa shape index (κ2) is 7.90. The average Bonchev–Trinajstić information content (AvgIpc) is 3.31. The first-order valence-corrected chi connectivity index (χ1v) is 9.58. The number of H-pyrrole nitrogens is 1. The van der Waals surface area contributed by atoms with Crippen LogP contribution < -0.4 is 0 Å².